The third-order valence-corrected chi connectivity index (χ3v) is 7.19. The second kappa shape index (κ2) is 9.02. The Labute approximate surface area is 202 Å². The maximum atomic E-state index is 11.8. The van der Waals surface area contributed by atoms with E-state index >= 15 is 0 Å². The summed E-state index contributed by atoms with van der Waals surface area (Å²) < 4.78 is 6.80. The van der Waals surface area contributed by atoms with Crippen LogP contribution in [0, 0.1) is 6.92 Å². The Morgan fingerprint density at radius 2 is 2.09 bits per heavy atom. The quantitative estimate of drug-likeness (QED) is 0.376. The van der Waals surface area contributed by atoms with Gasteiger partial charge in [-0.3, -0.25) is 10.3 Å². The number of para-hydroxylation sites is 1. The predicted molar refractivity (Wildman–Crippen MR) is 135 cm³/mol. The summed E-state index contributed by atoms with van der Waals surface area (Å²) in [5.74, 6) is 0.207. The molecule has 1 aliphatic carbocycles. The van der Waals surface area contributed by atoms with Crippen LogP contribution in [0.15, 0.2) is 42.6 Å². The first-order chi connectivity index (χ1) is 16.5. The zero-order chi connectivity index (χ0) is 23.8. The van der Waals surface area contributed by atoms with Gasteiger partial charge in [0.2, 0.25) is 0 Å². The molecule has 0 saturated heterocycles. The lowest BCUT2D eigenvalue weighted by Gasteiger charge is -2.20. The maximum absolute atomic E-state index is 11.8. The van der Waals surface area contributed by atoms with Crippen LogP contribution in [0.3, 0.4) is 0 Å². The number of aryl methyl sites for hydroxylation is 2. The third kappa shape index (κ3) is 3.88. The lowest BCUT2D eigenvalue weighted by Crippen LogP contribution is -2.11. The smallest absolute Gasteiger partial charge is 0.413 e. The average Bonchev–Trinajstić information content (AvgIpc) is 3.42. The van der Waals surface area contributed by atoms with Gasteiger partial charge in [-0.05, 0) is 49.4 Å². The molecule has 3 aromatic heterocycles. The molecule has 0 radical (unpaired) electrons. The molecule has 7 nitrogen and oxygen atoms in total. The lowest BCUT2D eigenvalue weighted by atomic mass is 9.86. The normalized spacial score (nSPS) is 14.4. The van der Waals surface area contributed by atoms with Crippen molar-refractivity contribution in [2.75, 3.05) is 12.4 Å². The summed E-state index contributed by atoms with van der Waals surface area (Å²) in [6.45, 7) is 6.46. The molecule has 0 bridgehead atoms. The number of hydrogen-bond donors (Lipinski definition) is 1. The standard InChI is InChI=1S/C26H27N5O2S/c1-5-8-18-12-11-17(14-27-18)22-21-16(3)13-19-24(34-25(28-19)29-26(32)33-4)23(21)31(30-22)20-10-7-6-9-15(20)2/h6-7,9-12,14,16H,5,8,13H2,1-4H3,(H,28,29,32). The number of aromatic nitrogens is 4. The highest BCUT2D eigenvalue weighted by Crippen LogP contribution is 2.48. The van der Waals surface area contributed by atoms with Crippen molar-refractivity contribution in [2.24, 2.45) is 0 Å². The van der Waals surface area contributed by atoms with Crippen molar-refractivity contribution in [3.8, 4) is 27.5 Å². The minimum absolute atomic E-state index is 0.207. The van der Waals surface area contributed by atoms with Crippen LogP contribution < -0.4 is 5.32 Å². The minimum Gasteiger partial charge on any atom is -0.453 e. The van der Waals surface area contributed by atoms with Crippen LogP contribution in [0.2, 0.25) is 0 Å². The Bertz CT molecular complexity index is 1360. The summed E-state index contributed by atoms with van der Waals surface area (Å²) >= 11 is 1.46. The van der Waals surface area contributed by atoms with Crippen molar-refractivity contribution >= 4 is 22.6 Å². The van der Waals surface area contributed by atoms with Crippen molar-refractivity contribution < 1.29 is 9.53 Å². The fourth-order valence-electron chi connectivity index (χ4n) is 4.53. The van der Waals surface area contributed by atoms with Gasteiger partial charge in [-0.15, -0.1) is 0 Å². The summed E-state index contributed by atoms with van der Waals surface area (Å²) in [5, 5.41) is 8.41. The SMILES string of the molecule is CCCc1ccc(-c2nn(-c3ccccc3C)c3c2C(C)Cc2nc(NC(=O)OC)sc2-3)cn1. The van der Waals surface area contributed by atoms with E-state index in [1.54, 1.807) is 0 Å². The average molecular weight is 474 g/mol. The predicted octanol–water partition coefficient (Wildman–Crippen LogP) is 6.16. The van der Waals surface area contributed by atoms with Gasteiger partial charge in [-0.1, -0.05) is 49.8 Å². The van der Waals surface area contributed by atoms with Crippen LogP contribution in [0.25, 0.3) is 27.5 Å². The number of nitrogens with one attached hydrogen (secondary N) is 1. The van der Waals surface area contributed by atoms with Crippen molar-refractivity contribution in [1.82, 2.24) is 19.7 Å². The molecule has 1 amide bonds. The van der Waals surface area contributed by atoms with E-state index in [9.17, 15) is 4.79 Å². The second-order valence-corrected chi connectivity index (χ2v) is 9.61. The molecule has 0 saturated carbocycles. The largest absolute Gasteiger partial charge is 0.453 e. The van der Waals surface area contributed by atoms with E-state index < -0.39 is 6.09 Å². The summed E-state index contributed by atoms with van der Waals surface area (Å²) in [7, 11) is 1.35. The van der Waals surface area contributed by atoms with E-state index in [2.05, 4.69) is 55.3 Å². The van der Waals surface area contributed by atoms with Gasteiger partial charge >= 0.3 is 6.09 Å². The highest BCUT2D eigenvalue weighted by molar-refractivity contribution is 7.19. The molecule has 1 unspecified atom stereocenters. The molecule has 0 fully saturated rings. The van der Waals surface area contributed by atoms with Crippen LogP contribution in [0.5, 0.6) is 0 Å². The first-order valence-electron chi connectivity index (χ1n) is 11.5. The Kier molecular flexibility index (Phi) is 5.91. The molecular formula is C26H27N5O2S. The van der Waals surface area contributed by atoms with Gasteiger partial charge in [0, 0.05) is 23.0 Å². The van der Waals surface area contributed by atoms with Crippen LogP contribution in [0.1, 0.15) is 48.7 Å². The number of fused-ring (bicyclic) bond motifs is 3. The third-order valence-electron chi connectivity index (χ3n) is 6.17. The molecule has 1 N–H and O–H groups in total. The van der Waals surface area contributed by atoms with Crippen LogP contribution >= 0.6 is 11.3 Å². The number of pyridine rings is 1. The molecule has 174 valence electrons. The summed E-state index contributed by atoms with van der Waals surface area (Å²) in [4.78, 5) is 22.2. The Balaban J connectivity index is 1.72. The highest BCUT2D eigenvalue weighted by Gasteiger charge is 2.34. The molecule has 1 aromatic carbocycles. The zero-order valence-corrected chi connectivity index (χ0v) is 20.6. The van der Waals surface area contributed by atoms with Gasteiger partial charge in [-0.25, -0.2) is 14.5 Å². The summed E-state index contributed by atoms with van der Waals surface area (Å²) in [6.07, 6.45) is 4.22. The van der Waals surface area contributed by atoms with E-state index in [4.69, 9.17) is 14.8 Å². The number of hydrogen-bond acceptors (Lipinski definition) is 6. The van der Waals surface area contributed by atoms with E-state index in [1.807, 2.05) is 23.0 Å². The van der Waals surface area contributed by atoms with Crippen molar-refractivity contribution in [3.05, 3.63) is 65.1 Å². The first-order valence-corrected chi connectivity index (χ1v) is 12.3. The molecule has 4 aromatic rings. The number of benzene rings is 1. The fourth-order valence-corrected chi connectivity index (χ4v) is 5.56. The Hall–Kier alpha value is -3.52. The number of nitrogens with zero attached hydrogens (tertiary/aromatic N) is 4. The molecule has 3 heterocycles. The van der Waals surface area contributed by atoms with Crippen LogP contribution in [0.4, 0.5) is 9.93 Å². The van der Waals surface area contributed by atoms with E-state index in [0.717, 1.165) is 63.7 Å². The number of ether oxygens (including phenoxy) is 1. The van der Waals surface area contributed by atoms with Crippen molar-refractivity contribution in [3.63, 3.8) is 0 Å². The number of methoxy groups -OCH3 is 1. The van der Waals surface area contributed by atoms with E-state index in [1.165, 1.54) is 24.0 Å². The Morgan fingerprint density at radius 1 is 1.26 bits per heavy atom. The summed E-state index contributed by atoms with van der Waals surface area (Å²) in [6, 6.07) is 12.5. The van der Waals surface area contributed by atoms with Gasteiger partial charge in [0.15, 0.2) is 5.13 Å². The van der Waals surface area contributed by atoms with Gasteiger partial charge in [0.1, 0.15) is 0 Å². The molecule has 8 heteroatoms. The van der Waals surface area contributed by atoms with E-state index in [-0.39, 0.29) is 5.92 Å². The van der Waals surface area contributed by atoms with Gasteiger partial charge in [0.05, 0.1) is 34.8 Å². The lowest BCUT2D eigenvalue weighted by molar-refractivity contribution is 0.187. The monoisotopic (exact) mass is 473 g/mol. The summed E-state index contributed by atoms with van der Waals surface area (Å²) in [5.41, 5.74) is 8.40. The van der Waals surface area contributed by atoms with Crippen LogP contribution in [-0.4, -0.2) is 33.0 Å². The molecular weight excluding hydrogens is 446 g/mol. The van der Waals surface area contributed by atoms with Crippen molar-refractivity contribution in [1.29, 1.82) is 0 Å². The molecule has 1 atom stereocenters. The van der Waals surface area contributed by atoms with Gasteiger partial charge in [-0.2, -0.15) is 5.10 Å². The molecule has 1 aliphatic rings. The molecule has 5 rings (SSSR count). The molecule has 0 spiro atoms. The van der Waals surface area contributed by atoms with E-state index in [0.29, 0.717) is 5.13 Å². The Morgan fingerprint density at radius 3 is 2.79 bits per heavy atom. The van der Waals surface area contributed by atoms with Gasteiger partial charge in [0.25, 0.3) is 0 Å². The number of anilines is 1. The zero-order valence-electron chi connectivity index (χ0n) is 19.8. The number of carbonyl (C=O) groups is 1. The highest BCUT2D eigenvalue weighted by atomic mass is 32.1. The number of thiazole rings is 1. The molecule has 34 heavy (non-hydrogen) atoms. The minimum atomic E-state index is -0.522. The van der Waals surface area contributed by atoms with Crippen molar-refractivity contribution in [2.45, 2.75) is 46.0 Å². The fraction of sp³-hybridized carbons (Fsp3) is 0.308. The van der Waals surface area contributed by atoms with Crippen LogP contribution in [-0.2, 0) is 17.6 Å². The number of carbonyl (C=O) groups excluding carboxylic acids is 1. The number of rotatable bonds is 5. The molecule has 0 aliphatic heterocycles. The first kappa shape index (κ1) is 22.3. The topological polar surface area (TPSA) is 81.9 Å². The maximum Gasteiger partial charge on any atom is 0.413 e. The number of amides is 1. The van der Waals surface area contributed by atoms with Gasteiger partial charge < -0.3 is 4.74 Å². The second-order valence-electron chi connectivity index (χ2n) is 8.61.